The van der Waals surface area contributed by atoms with E-state index in [1.54, 1.807) is 0 Å². The van der Waals surface area contributed by atoms with Gasteiger partial charge in [-0.2, -0.15) is 0 Å². The van der Waals surface area contributed by atoms with Gasteiger partial charge >= 0.3 is 0 Å². The molecule has 12 rings (SSSR count). The first-order valence-corrected chi connectivity index (χ1v) is 23.3. The fourth-order valence-electron chi connectivity index (χ4n) is 9.48. The molecule has 4 heterocycles. The topological polar surface area (TPSA) is 39.9 Å². The maximum atomic E-state index is 6.75. The summed E-state index contributed by atoms with van der Waals surface area (Å²) < 4.78 is 14.4. The lowest BCUT2D eigenvalue weighted by Crippen LogP contribution is -2.08. The number of hydrogen-bond donors (Lipinski definition) is 0. The van der Waals surface area contributed by atoms with Crippen molar-refractivity contribution >= 4 is 84.8 Å². The van der Waals surface area contributed by atoms with Gasteiger partial charge in [-0.15, -0.1) is 22.7 Å². The number of nitrogens with zero attached hydrogens (tertiary/aromatic N) is 3. The summed E-state index contributed by atoms with van der Waals surface area (Å²) in [6, 6.07) is 65.4. The van der Waals surface area contributed by atoms with E-state index >= 15 is 0 Å². The van der Waals surface area contributed by atoms with Crippen LogP contribution in [0.25, 0.3) is 113 Å². The van der Waals surface area contributed by atoms with Crippen LogP contribution in [0, 0.1) is 0 Å². The molecule has 4 nitrogen and oxygen atoms in total. The number of aromatic nitrogens is 3. The van der Waals surface area contributed by atoms with E-state index < -0.39 is 0 Å². The Morgan fingerprint density at radius 3 is 1.79 bits per heavy atom. The third-order valence-corrected chi connectivity index (χ3v) is 14.8. The Hall–Kier alpha value is -6.96. The average Bonchev–Trinajstić information content (AvgIpc) is 4.03. The van der Waals surface area contributed by atoms with Crippen LogP contribution in [-0.4, -0.2) is 21.1 Å². The quantitative estimate of drug-likeness (QED) is 0.145. The Balaban J connectivity index is 1.11. The average molecular weight is 848 g/mol. The molecule has 0 bridgehead atoms. The van der Waals surface area contributed by atoms with E-state index in [1.807, 2.05) is 34.8 Å². The van der Waals surface area contributed by atoms with Crippen molar-refractivity contribution in [3.63, 3.8) is 0 Å². The summed E-state index contributed by atoms with van der Waals surface area (Å²) >= 11 is 3.76. The van der Waals surface area contributed by atoms with Gasteiger partial charge in [-0.05, 0) is 55.3 Å². The predicted molar refractivity (Wildman–Crippen MR) is 269 cm³/mol. The first-order valence-electron chi connectivity index (χ1n) is 21.7. The lowest BCUT2D eigenvalue weighted by molar-refractivity contribution is 0.0673. The highest BCUT2D eigenvalue weighted by molar-refractivity contribution is 7.27. The van der Waals surface area contributed by atoms with Gasteiger partial charge in [0.2, 0.25) is 0 Å². The lowest BCUT2D eigenvalue weighted by atomic mass is 9.93. The van der Waals surface area contributed by atoms with Crippen LogP contribution in [0.5, 0.6) is 0 Å². The van der Waals surface area contributed by atoms with E-state index in [0.29, 0.717) is 12.4 Å². The molecule has 63 heavy (non-hydrogen) atoms. The van der Waals surface area contributed by atoms with Gasteiger partial charge in [-0.25, -0.2) is 9.97 Å². The molecule has 0 aliphatic heterocycles. The van der Waals surface area contributed by atoms with Crippen molar-refractivity contribution in [3.05, 3.63) is 188 Å². The molecular weight excluding hydrogens is 807 g/mol. The zero-order valence-electron chi connectivity index (χ0n) is 34.9. The third-order valence-electron chi connectivity index (χ3n) is 12.4. The summed E-state index contributed by atoms with van der Waals surface area (Å²) in [5, 5.41) is 7.68. The van der Waals surface area contributed by atoms with Crippen LogP contribution >= 0.6 is 22.7 Å². The SMILES string of the molecule is CCCOC(C)c1c(-n2c3ccccc3c3c4sc5ccccc5c4ccc32)cc(-c2ccc(-c3nc(-c4ccccc4)cc(-c4ccccc4)n3)cc2)c2sc3ccccc3c12. The smallest absolute Gasteiger partial charge is 0.160 e. The third kappa shape index (κ3) is 6.28. The molecule has 1 atom stereocenters. The van der Waals surface area contributed by atoms with E-state index in [2.05, 4.69) is 188 Å². The van der Waals surface area contributed by atoms with Crippen LogP contribution in [0.2, 0.25) is 0 Å². The monoisotopic (exact) mass is 847 g/mol. The van der Waals surface area contributed by atoms with Gasteiger partial charge in [0.1, 0.15) is 0 Å². The summed E-state index contributed by atoms with van der Waals surface area (Å²) in [6.07, 6.45) is 0.788. The van der Waals surface area contributed by atoms with Crippen LogP contribution in [0.15, 0.2) is 182 Å². The standard InChI is InChI=1S/C57H41N3OS2/c1-3-32-61-35(2)52-49(60-47-23-13-10-21-42(47)53-48(60)31-30-41-40-20-11-14-24-50(40)62-55(41)53)33-44(56-54(52)43-22-12-15-25-51(43)63-56)36-26-28-39(29-27-36)57-58-45(37-16-6-4-7-17-37)34-46(59-57)38-18-8-5-9-19-38/h4-31,33-35H,3,32H2,1-2H3. The maximum absolute atomic E-state index is 6.75. The number of ether oxygens (including phenoxy) is 1. The van der Waals surface area contributed by atoms with E-state index in [1.165, 1.54) is 73.3 Å². The largest absolute Gasteiger partial charge is 0.374 e. The van der Waals surface area contributed by atoms with Crippen molar-refractivity contribution in [1.29, 1.82) is 0 Å². The van der Waals surface area contributed by atoms with Gasteiger partial charge in [0.05, 0.1) is 34.2 Å². The predicted octanol–water partition coefficient (Wildman–Crippen LogP) is 16.5. The summed E-state index contributed by atoms with van der Waals surface area (Å²) in [5.74, 6) is 0.699. The number of thiophene rings is 2. The summed E-state index contributed by atoms with van der Waals surface area (Å²) in [7, 11) is 0. The normalized spacial score (nSPS) is 12.4. The van der Waals surface area contributed by atoms with Gasteiger partial charge in [-0.1, -0.05) is 153 Å². The maximum Gasteiger partial charge on any atom is 0.160 e. The highest BCUT2D eigenvalue weighted by Gasteiger charge is 2.26. The molecule has 0 N–H and O–H groups in total. The van der Waals surface area contributed by atoms with E-state index in [-0.39, 0.29) is 6.10 Å². The first-order chi connectivity index (χ1) is 31.1. The fraction of sp³-hybridized carbons (Fsp3) is 0.0877. The van der Waals surface area contributed by atoms with Crippen molar-refractivity contribution in [2.75, 3.05) is 6.61 Å². The Morgan fingerprint density at radius 2 is 1.10 bits per heavy atom. The molecular formula is C57H41N3OS2. The van der Waals surface area contributed by atoms with Crippen LogP contribution in [0.1, 0.15) is 31.9 Å². The molecule has 0 amide bonds. The Morgan fingerprint density at radius 1 is 0.508 bits per heavy atom. The zero-order chi connectivity index (χ0) is 42.0. The Bertz CT molecular complexity index is 3620. The van der Waals surface area contributed by atoms with E-state index in [9.17, 15) is 0 Å². The molecule has 12 aromatic rings. The van der Waals surface area contributed by atoms with Crippen molar-refractivity contribution in [2.24, 2.45) is 0 Å². The van der Waals surface area contributed by atoms with Crippen LogP contribution < -0.4 is 0 Å². The Labute approximate surface area is 373 Å². The number of fused-ring (bicyclic) bond motifs is 10. The molecule has 0 spiro atoms. The molecule has 0 saturated heterocycles. The second-order valence-electron chi connectivity index (χ2n) is 16.2. The molecule has 8 aromatic carbocycles. The lowest BCUT2D eigenvalue weighted by Gasteiger charge is -2.23. The van der Waals surface area contributed by atoms with Gasteiger partial charge in [0.25, 0.3) is 0 Å². The van der Waals surface area contributed by atoms with Gasteiger partial charge in [0.15, 0.2) is 5.82 Å². The number of hydrogen-bond acceptors (Lipinski definition) is 5. The van der Waals surface area contributed by atoms with E-state index in [4.69, 9.17) is 14.7 Å². The minimum Gasteiger partial charge on any atom is -0.374 e. The van der Waals surface area contributed by atoms with Gasteiger partial charge in [-0.3, -0.25) is 0 Å². The molecule has 0 radical (unpaired) electrons. The molecule has 4 aromatic heterocycles. The van der Waals surface area contributed by atoms with Crippen LogP contribution in [0.3, 0.4) is 0 Å². The van der Waals surface area contributed by atoms with Gasteiger partial charge in [0, 0.05) is 85.5 Å². The molecule has 0 fully saturated rings. The highest BCUT2D eigenvalue weighted by atomic mass is 32.1. The second kappa shape index (κ2) is 15.4. The molecule has 6 heteroatoms. The molecule has 0 saturated carbocycles. The Kier molecular flexibility index (Phi) is 9.26. The summed E-state index contributed by atoms with van der Waals surface area (Å²) in [6.45, 7) is 5.10. The minimum absolute atomic E-state index is 0.158. The number of benzene rings is 8. The zero-order valence-corrected chi connectivity index (χ0v) is 36.5. The molecule has 0 aliphatic carbocycles. The van der Waals surface area contributed by atoms with Crippen molar-refractivity contribution in [3.8, 4) is 50.7 Å². The molecule has 1 unspecified atom stereocenters. The number of rotatable bonds is 9. The highest BCUT2D eigenvalue weighted by Crippen LogP contribution is 2.49. The molecule has 0 aliphatic rings. The number of para-hydroxylation sites is 1. The van der Waals surface area contributed by atoms with Crippen molar-refractivity contribution < 1.29 is 4.74 Å². The second-order valence-corrected chi connectivity index (χ2v) is 18.3. The minimum atomic E-state index is -0.158. The van der Waals surface area contributed by atoms with E-state index in [0.717, 1.165) is 45.7 Å². The van der Waals surface area contributed by atoms with Crippen LogP contribution in [-0.2, 0) is 4.74 Å². The van der Waals surface area contributed by atoms with Crippen molar-refractivity contribution in [1.82, 2.24) is 14.5 Å². The van der Waals surface area contributed by atoms with Gasteiger partial charge < -0.3 is 9.30 Å². The molecule has 302 valence electrons. The first kappa shape index (κ1) is 37.8. The van der Waals surface area contributed by atoms with Crippen LogP contribution in [0.4, 0.5) is 0 Å². The fourth-order valence-corrected chi connectivity index (χ4v) is 12.0. The summed E-state index contributed by atoms with van der Waals surface area (Å²) in [5.41, 5.74) is 12.0. The van der Waals surface area contributed by atoms with Crippen molar-refractivity contribution in [2.45, 2.75) is 26.4 Å². The summed E-state index contributed by atoms with van der Waals surface area (Å²) in [4.78, 5) is 10.3.